The Kier molecular flexibility index (Phi) is 6.67. The first-order valence-corrected chi connectivity index (χ1v) is 12.0. The molecule has 2 unspecified atom stereocenters. The Morgan fingerprint density at radius 1 is 1.03 bits per heavy atom. The lowest BCUT2D eigenvalue weighted by molar-refractivity contribution is -0.141. The molecule has 1 aliphatic rings. The molecule has 0 saturated carbocycles. The molecule has 1 saturated heterocycles. The van der Waals surface area contributed by atoms with Gasteiger partial charge in [-0.1, -0.05) is 54.1 Å². The lowest BCUT2D eigenvalue weighted by Crippen LogP contribution is -2.46. The number of carbonyl (C=O) groups excluding carboxylic acids is 2. The Morgan fingerprint density at radius 2 is 1.78 bits per heavy atom. The molecule has 2 amide bonds. The highest BCUT2D eigenvalue weighted by atomic mass is 35.5. The summed E-state index contributed by atoms with van der Waals surface area (Å²) in [5.74, 6) is -0.500. The number of hydrogen-bond acceptors (Lipinski definition) is 5. The van der Waals surface area contributed by atoms with Gasteiger partial charge in [0, 0.05) is 29.0 Å². The maximum Gasteiger partial charge on any atom is 0.336 e. The Bertz CT molecular complexity index is 1490. The molecule has 0 spiro atoms. The summed E-state index contributed by atoms with van der Waals surface area (Å²) >= 11 is 12.4. The molecule has 0 aliphatic carbocycles. The van der Waals surface area contributed by atoms with E-state index in [2.05, 4.69) is 5.43 Å². The summed E-state index contributed by atoms with van der Waals surface area (Å²) in [4.78, 5) is 37.3. The lowest BCUT2D eigenvalue weighted by atomic mass is 10.0. The van der Waals surface area contributed by atoms with Crippen LogP contribution >= 0.6 is 23.2 Å². The van der Waals surface area contributed by atoms with Crippen molar-refractivity contribution < 1.29 is 18.7 Å². The molecule has 1 fully saturated rings. The van der Waals surface area contributed by atoms with Crippen LogP contribution in [0.5, 0.6) is 5.75 Å². The van der Waals surface area contributed by atoms with Gasteiger partial charge >= 0.3 is 5.63 Å². The summed E-state index contributed by atoms with van der Waals surface area (Å²) in [6.45, 7) is -0.363. The maximum atomic E-state index is 12.6. The number of carbonyl (C=O) groups is 2. The first-order valence-electron chi connectivity index (χ1n) is 11.2. The monoisotopic (exact) mass is 522 g/mol. The minimum absolute atomic E-state index is 0.0867. The zero-order valence-corrected chi connectivity index (χ0v) is 20.3. The summed E-state index contributed by atoms with van der Waals surface area (Å²) in [6.07, 6.45) is 0.0867. The summed E-state index contributed by atoms with van der Waals surface area (Å²) in [5.41, 5.74) is 4.81. The molecule has 7 nitrogen and oxygen atoms in total. The molecule has 5 rings (SSSR count). The Labute approximate surface area is 216 Å². The minimum Gasteiger partial charge on any atom is -0.484 e. The smallest absolute Gasteiger partial charge is 0.336 e. The molecule has 0 bridgehead atoms. The summed E-state index contributed by atoms with van der Waals surface area (Å²) in [7, 11) is 0. The van der Waals surface area contributed by atoms with Crippen molar-refractivity contribution in [3.05, 3.63) is 99.9 Å². The first-order chi connectivity index (χ1) is 17.4. The Hall–Kier alpha value is -3.81. The van der Waals surface area contributed by atoms with E-state index in [0.717, 1.165) is 22.1 Å². The molecule has 9 heteroatoms. The van der Waals surface area contributed by atoms with Crippen LogP contribution in [0.25, 0.3) is 22.1 Å². The second-order valence-electron chi connectivity index (χ2n) is 8.31. The average molecular weight is 523 g/mol. The van der Waals surface area contributed by atoms with Crippen LogP contribution in [0.1, 0.15) is 18.0 Å². The van der Waals surface area contributed by atoms with Crippen molar-refractivity contribution in [3.8, 4) is 16.9 Å². The van der Waals surface area contributed by atoms with Gasteiger partial charge in [-0.2, -0.15) is 0 Å². The number of nitrogens with one attached hydrogen (secondary N) is 1. The van der Waals surface area contributed by atoms with Crippen molar-refractivity contribution in [1.82, 2.24) is 10.4 Å². The molecule has 1 aliphatic heterocycles. The molecular weight excluding hydrogens is 503 g/mol. The predicted molar refractivity (Wildman–Crippen MR) is 137 cm³/mol. The molecular formula is C27H20Cl2N2O5. The predicted octanol–water partition coefficient (Wildman–Crippen LogP) is 5.10. The maximum absolute atomic E-state index is 12.6. The Balaban J connectivity index is 1.30. The van der Waals surface area contributed by atoms with Gasteiger partial charge in [0.1, 0.15) is 11.3 Å². The number of hydrazine groups is 1. The number of amides is 2. The first kappa shape index (κ1) is 23.9. The highest BCUT2D eigenvalue weighted by Crippen LogP contribution is 2.36. The third-order valence-electron chi connectivity index (χ3n) is 5.89. The summed E-state index contributed by atoms with van der Waals surface area (Å²) < 4.78 is 11.0. The van der Waals surface area contributed by atoms with E-state index in [9.17, 15) is 14.4 Å². The largest absolute Gasteiger partial charge is 0.484 e. The molecule has 3 aromatic carbocycles. The van der Waals surface area contributed by atoms with Gasteiger partial charge in [-0.25, -0.2) is 9.80 Å². The van der Waals surface area contributed by atoms with Crippen molar-refractivity contribution in [2.75, 3.05) is 6.61 Å². The van der Waals surface area contributed by atoms with E-state index >= 15 is 0 Å². The van der Waals surface area contributed by atoms with Crippen molar-refractivity contribution in [3.63, 3.8) is 0 Å². The van der Waals surface area contributed by atoms with Gasteiger partial charge in [0.25, 0.3) is 5.91 Å². The number of halogens is 2. The van der Waals surface area contributed by atoms with Gasteiger partial charge < -0.3 is 9.15 Å². The zero-order chi connectivity index (χ0) is 25.2. The van der Waals surface area contributed by atoms with Crippen LogP contribution in [-0.2, 0) is 9.59 Å². The van der Waals surface area contributed by atoms with Gasteiger partial charge in [0.05, 0.1) is 11.4 Å². The molecule has 2 heterocycles. The van der Waals surface area contributed by atoms with Gasteiger partial charge in [-0.3, -0.25) is 15.0 Å². The molecule has 1 N–H and O–H groups in total. The minimum atomic E-state index is -0.535. The highest BCUT2D eigenvalue weighted by Gasteiger charge is 2.40. The fraction of sp³-hybridized carbons (Fsp3) is 0.148. The van der Waals surface area contributed by atoms with E-state index in [1.165, 1.54) is 11.1 Å². The van der Waals surface area contributed by atoms with E-state index in [-0.39, 0.29) is 18.9 Å². The number of ether oxygens (including phenoxy) is 1. The number of benzene rings is 3. The third-order valence-corrected chi connectivity index (χ3v) is 6.53. The zero-order valence-electron chi connectivity index (χ0n) is 18.8. The van der Waals surface area contributed by atoms with Gasteiger partial charge in [0.15, 0.2) is 6.61 Å². The Morgan fingerprint density at radius 3 is 2.53 bits per heavy atom. The second-order valence-corrected chi connectivity index (χ2v) is 9.30. The van der Waals surface area contributed by atoms with E-state index < -0.39 is 23.0 Å². The van der Waals surface area contributed by atoms with Crippen molar-refractivity contribution in [2.45, 2.75) is 17.8 Å². The van der Waals surface area contributed by atoms with Crippen LogP contribution in [0.2, 0.25) is 5.02 Å². The number of alkyl halides is 1. The van der Waals surface area contributed by atoms with E-state index in [0.29, 0.717) is 16.4 Å². The third kappa shape index (κ3) is 4.94. The summed E-state index contributed by atoms with van der Waals surface area (Å²) in [6, 6.07) is 22.4. The van der Waals surface area contributed by atoms with Gasteiger partial charge in [-0.15, -0.1) is 11.6 Å². The van der Waals surface area contributed by atoms with Crippen molar-refractivity contribution in [2.24, 2.45) is 0 Å². The molecule has 182 valence electrons. The van der Waals surface area contributed by atoms with Crippen molar-refractivity contribution in [1.29, 1.82) is 0 Å². The number of fused-ring (bicyclic) bond motifs is 1. The van der Waals surface area contributed by atoms with E-state index in [4.69, 9.17) is 32.4 Å². The molecule has 4 aromatic rings. The van der Waals surface area contributed by atoms with Crippen LogP contribution in [0.4, 0.5) is 0 Å². The molecule has 36 heavy (non-hydrogen) atoms. The molecule has 0 radical (unpaired) electrons. The van der Waals surface area contributed by atoms with Crippen LogP contribution in [-0.4, -0.2) is 28.8 Å². The molecule has 1 aromatic heterocycles. The SMILES string of the molecule is O=C(COc1ccc2c(-c3ccccc3)cc(=O)oc2c1)NN1C(=O)CC(Cl)C1c1ccc(Cl)cc1. The number of nitrogens with zero attached hydrogens (tertiary/aromatic N) is 1. The van der Waals surface area contributed by atoms with Crippen LogP contribution in [0, 0.1) is 0 Å². The van der Waals surface area contributed by atoms with Gasteiger partial charge in [-0.05, 0) is 41.0 Å². The van der Waals surface area contributed by atoms with E-state index in [1.54, 1.807) is 42.5 Å². The van der Waals surface area contributed by atoms with Crippen LogP contribution in [0.3, 0.4) is 0 Å². The average Bonchev–Trinajstić information content (AvgIpc) is 3.15. The second kappa shape index (κ2) is 10.0. The number of hydrogen-bond donors (Lipinski definition) is 1. The topological polar surface area (TPSA) is 88.8 Å². The van der Waals surface area contributed by atoms with Gasteiger partial charge in [0.2, 0.25) is 5.91 Å². The normalized spacial score (nSPS) is 17.4. The highest BCUT2D eigenvalue weighted by molar-refractivity contribution is 6.30. The molecule has 2 atom stereocenters. The lowest BCUT2D eigenvalue weighted by Gasteiger charge is -2.27. The van der Waals surface area contributed by atoms with E-state index in [1.807, 2.05) is 30.3 Å². The number of rotatable bonds is 6. The quantitative estimate of drug-likeness (QED) is 0.281. The van der Waals surface area contributed by atoms with Crippen LogP contribution in [0.15, 0.2) is 88.1 Å². The fourth-order valence-electron chi connectivity index (χ4n) is 4.25. The summed E-state index contributed by atoms with van der Waals surface area (Å²) in [5, 5.41) is 2.01. The fourth-order valence-corrected chi connectivity index (χ4v) is 4.76. The van der Waals surface area contributed by atoms with Crippen molar-refractivity contribution >= 4 is 46.0 Å². The standard InChI is InChI=1S/C27H20Cl2N2O5/c28-18-8-6-17(7-9-18)27-22(29)14-25(33)31(27)30-24(32)15-35-19-10-11-20-21(16-4-2-1-3-5-16)13-26(34)36-23(20)12-19/h1-13,22,27H,14-15H2,(H,30,32). The van der Waals surface area contributed by atoms with Crippen LogP contribution < -0.4 is 15.8 Å².